The van der Waals surface area contributed by atoms with Gasteiger partial charge in [0, 0.05) is 31.8 Å². The highest BCUT2D eigenvalue weighted by atomic mass is 16.6. The second-order valence-electron chi connectivity index (χ2n) is 5.36. The molecule has 1 aromatic carbocycles. The number of hydrogen-bond acceptors (Lipinski definition) is 5. The van der Waals surface area contributed by atoms with E-state index in [0.717, 1.165) is 13.0 Å². The summed E-state index contributed by atoms with van der Waals surface area (Å²) in [7, 11) is 0. The highest BCUT2D eigenvalue weighted by Crippen LogP contribution is 2.17. The van der Waals surface area contributed by atoms with Crippen molar-refractivity contribution < 1.29 is 14.8 Å². The molecule has 0 heterocycles. The summed E-state index contributed by atoms with van der Waals surface area (Å²) in [6, 6.07) is 5.94. The summed E-state index contributed by atoms with van der Waals surface area (Å²) in [4.78, 5) is 10.1. The van der Waals surface area contributed by atoms with Crippen molar-refractivity contribution in [1.29, 1.82) is 0 Å². The third kappa shape index (κ3) is 7.17. The number of nitrogens with zero attached hydrogens (tertiary/aromatic N) is 1. The molecule has 0 aliphatic rings. The molecule has 1 unspecified atom stereocenters. The van der Waals surface area contributed by atoms with Crippen molar-refractivity contribution in [3.05, 3.63) is 39.9 Å². The van der Waals surface area contributed by atoms with Gasteiger partial charge < -0.3 is 15.2 Å². The van der Waals surface area contributed by atoms with Gasteiger partial charge in [-0.2, -0.15) is 0 Å². The predicted molar refractivity (Wildman–Crippen MR) is 81.2 cm³/mol. The molecule has 0 aliphatic carbocycles. The van der Waals surface area contributed by atoms with E-state index in [4.69, 9.17) is 4.74 Å². The quantitative estimate of drug-likeness (QED) is 0.393. The molecule has 0 bridgehead atoms. The number of hydrogen-bond donors (Lipinski definition) is 2. The van der Waals surface area contributed by atoms with Crippen LogP contribution in [0.25, 0.3) is 0 Å². The Balaban J connectivity index is 2.18. The molecule has 6 nitrogen and oxygen atoms in total. The van der Waals surface area contributed by atoms with Crippen molar-refractivity contribution in [1.82, 2.24) is 5.32 Å². The van der Waals surface area contributed by atoms with Gasteiger partial charge in [-0.15, -0.1) is 0 Å². The van der Waals surface area contributed by atoms with E-state index in [9.17, 15) is 15.2 Å². The van der Waals surface area contributed by atoms with Gasteiger partial charge in [-0.3, -0.25) is 10.1 Å². The van der Waals surface area contributed by atoms with Gasteiger partial charge in [0.1, 0.15) is 0 Å². The number of nitro benzene ring substituents is 1. The molecule has 0 spiro atoms. The Morgan fingerprint density at radius 2 is 1.95 bits per heavy atom. The second-order valence-corrected chi connectivity index (χ2v) is 5.36. The lowest BCUT2D eigenvalue weighted by atomic mass is 10.1. The van der Waals surface area contributed by atoms with Gasteiger partial charge >= 0.3 is 0 Å². The normalized spacial score (nSPS) is 12.6. The monoisotopic (exact) mass is 296 g/mol. The minimum absolute atomic E-state index is 0.0254. The standard InChI is InChI=1S/C15H24N2O4/c1-12(2)7-9-21-10-8-16-11-15(18)13-3-5-14(6-4-13)17(19)20/h3-6,12,15-16,18H,7-11H2,1-2H3. The average Bonchev–Trinajstić information content (AvgIpc) is 2.45. The molecule has 1 rings (SSSR count). The Labute approximate surface area is 125 Å². The first-order chi connectivity index (χ1) is 10.0. The van der Waals surface area contributed by atoms with E-state index >= 15 is 0 Å². The van der Waals surface area contributed by atoms with Gasteiger partial charge in [0.15, 0.2) is 0 Å². The molecule has 0 saturated heterocycles. The van der Waals surface area contributed by atoms with Crippen LogP contribution < -0.4 is 5.32 Å². The molecule has 21 heavy (non-hydrogen) atoms. The number of rotatable bonds is 10. The number of aliphatic hydroxyl groups excluding tert-OH is 1. The lowest BCUT2D eigenvalue weighted by Gasteiger charge is -2.12. The first kappa shape index (κ1) is 17.6. The maximum absolute atomic E-state index is 10.5. The maximum Gasteiger partial charge on any atom is 0.269 e. The van der Waals surface area contributed by atoms with Crippen molar-refractivity contribution in [2.24, 2.45) is 5.92 Å². The summed E-state index contributed by atoms with van der Waals surface area (Å²) >= 11 is 0. The van der Waals surface area contributed by atoms with Crippen LogP contribution in [-0.2, 0) is 4.74 Å². The van der Waals surface area contributed by atoms with E-state index in [1.165, 1.54) is 12.1 Å². The largest absolute Gasteiger partial charge is 0.387 e. The molecule has 0 aliphatic heterocycles. The van der Waals surface area contributed by atoms with Gasteiger partial charge in [-0.1, -0.05) is 13.8 Å². The zero-order valence-electron chi connectivity index (χ0n) is 12.6. The molecule has 2 N–H and O–H groups in total. The molecule has 0 aromatic heterocycles. The van der Waals surface area contributed by atoms with Gasteiger partial charge in [0.05, 0.1) is 17.6 Å². The number of non-ortho nitro benzene ring substituents is 1. The number of nitro groups is 1. The zero-order chi connectivity index (χ0) is 15.7. The van der Waals surface area contributed by atoms with Crippen molar-refractivity contribution in [2.75, 3.05) is 26.3 Å². The number of nitrogens with one attached hydrogen (secondary N) is 1. The SMILES string of the molecule is CC(C)CCOCCNCC(O)c1ccc([N+](=O)[O-])cc1. The van der Waals surface area contributed by atoms with Crippen LogP contribution in [0.4, 0.5) is 5.69 Å². The number of ether oxygens (including phenoxy) is 1. The highest BCUT2D eigenvalue weighted by Gasteiger charge is 2.09. The van der Waals surface area contributed by atoms with E-state index in [1.54, 1.807) is 12.1 Å². The van der Waals surface area contributed by atoms with E-state index in [1.807, 2.05) is 0 Å². The molecular weight excluding hydrogens is 272 g/mol. The summed E-state index contributed by atoms with van der Waals surface area (Å²) in [6.45, 7) is 6.74. The summed E-state index contributed by atoms with van der Waals surface area (Å²) in [6.07, 6.45) is 0.368. The lowest BCUT2D eigenvalue weighted by Crippen LogP contribution is -2.25. The Morgan fingerprint density at radius 3 is 2.52 bits per heavy atom. The Hall–Kier alpha value is -1.50. The first-order valence-corrected chi connectivity index (χ1v) is 7.21. The molecule has 1 atom stereocenters. The van der Waals surface area contributed by atoms with Crippen LogP contribution in [0.2, 0.25) is 0 Å². The van der Waals surface area contributed by atoms with Gasteiger partial charge in [0.25, 0.3) is 5.69 Å². The summed E-state index contributed by atoms with van der Waals surface area (Å²) < 4.78 is 5.45. The lowest BCUT2D eigenvalue weighted by molar-refractivity contribution is -0.384. The van der Waals surface area contributed by atoms with Crippen LogP contribution in [0, 0.1) is 16.0 Å². The fourth-order valence-corrected chi connectivity index (χ4v) is 1.74. The summed E-state index contributed by atoms with van der Waals surface area (Å²) in [5.74, 6) is 0.641. The molecule has 0 fully saturated rings. The topological polar surface area (TPSA) is 84.6 Å². The molecule has 1 aromatic rings. The van der Waals surface area contributed by atoms with Crippen LogP contribution in [0.5, 0.6) is 0 Å². The maximum atomic E-state index is 10.5. The molecule has 0 amide bonds. The highest BCUT2D eigenvalue weighted by molar-refractivity contribution is 5.33. The molecule has 118 valence electrons. The van der Waals surface area contributed by atoms with Crippen LogP contribution in [0.1, 0.15) is 31.9 Å². The summed E-state index contributed by atoms with van der Waals surface area (Å²) in [5, 5.41) is 23.6. The van der Waals surface area contributed by atoms with Crippen LogP contribution in [0.15, 0.2) is 24.3 Å². The first-order valence-electron chi connectivity index (χ1n) is 7.21. The smallest absolute Gasteiger partial charge is 0.269 e. The van der Waals surface area contributed by atoms with E-state index in [-0.39, 0.29) is 5.69 Å². The van der Waals surface area contributed by atoms with Crippen LogP contribution in [0.3, 0.4) is 0 Å². The Bertz CT molecular complexity index is 420. The Kier molecular flexibility index (Phi) is 7.89. The van der Waals surface area contributed by atoms with E-state index in [0.29, 0.717) is 31.2 Å². The van der Waals surface area contributed by atoms with Gasteiger partial charge in [-0.25, -0.2) is 0 Å². The number of aliphatic hydroxyl groups is 1. The van der Waals surface area contributed by atoms with Crippen LogP contribution in [-0.4, -0.2) is 36.3 Å². The third-order valence-electron chi connectivity index (χ3n) is 3.09. The fourth-order valence-electron chi connectivity index (χ4n) is 1.74. The minimum Gasteiger partial charge on any atom is -0.387 e. The Morgan fingerprint density at radius 1 is 1.29 bits per heavy atom. The average molecular weight is 296 g/mol. The van der Waals surface area contributed by atoms with Crippen molar-refractivity contribution >= 4 is 5.69 Å². The summed E-state index contributed by atoms with van der Waals surface area (Å²) in [5.41, 5.74) is 0.686. The minimum atomic E-state index is -0.679. The van der Waals surface area contributed by atoms with E-state index < -0.39 is 11.0 Å². The van der Waals surface area contributed by atoms with Crippen molar-refractivity contribution in [3.63, 3.8) is 0 Å². The van der Waals surface area contributed by atoms with Crippen molar-refractivity contribution in [2.45, 2.75) is 26.4 Å². The molecular formula is C15H24N2O4. The third-order valence-corrected chi connectivity index (χ3v) is 3.09. The van der Waals surface area contributed by atoms with Crippen LogP contribution >= 0.6 is 0 Å². The van der Waals surface area contributed by atoms with E-state index in [2.05, 4.69) is 19.2 Å². The molecule has 0 saturated carbocycles. The zero-order valence-corrected chi connectivity index (χ0v) is 12.6. The molecule has 0 radical (unpaired) electrons. The van der Waals surface area contributed by atoms with Gasteiger partial charge in [0.2, 0.25) is 0 Å². The second kappa shape index (κ2) is 9.44. The fraction of sp³-hybridized carbons (Fsp3) is 0.600. The predicted octanol–water partition coefficient (Wildman–Crippen LogP) is 2.28. The van der Waals surface area contributed by atoms with Crippen molar-refractivity contribution in [3.8, 4) is 0 Å². The van der Waals surface area contributed by atoms with Gasteiger partial charge in [-0.05, 0) is 30.0 Å². The molecule has 6 heteroatoms. The number of benzene rings is 1.